The number of aryl methyl sites for hydroxylation is 1. The summed E-state index contributed by atoms with van der Waals surface area (Å²) in [6.07, 6.45) is -2.32. The van der Waals surface area contributed by atoms with Gasteiger partial charge in [0.25, 0.3) is 0 Å². The molecule has 0 aliphatic heterocycles. The lowest BCUT2D eigenvalue weighted by atomic mass is 10.2. The number of nitrogens with one attached hydrogen (secondary N) is 1. The van der Waals surface area contributed by atoms with Crippen molar-refractivity contribution >= 4 is 56.8 Å². The Balaban J connectivity index is 0.000000187. The van der Waals surface area contributed by atoms with E-state index < -0.39 is 19.1 Å². The number of rotatable bonds is 6. The third kappa shape index (κ3) is 24.2. The van der Waals surface area contributed by atoms with Crippen LogP contribution in [0.1, 0.15) is 22.4 Å². The molecule has 80 heavy (non-hydrogen) atoms. The maximum absolute atomic E-state index is 12.1. The summed E-state index contributed by atoms with van der Waals surface area (Å²) in [7, 11) is 0. The van der Waals surface area contributed by atoms with Gasteiger partial charge in [-0.2, -0.15) is 20.4 Å². The standard InChI is InChI=1S/C18H11F3N2O.C10H6F3IN2O.C10H8F3N3O.C8H6.C7H7I.C3H5N3/c19-18(20,21)24-17-10-8-16(9-11-17)23-13-12-15(22-23)7-6-14-4-2-1-3-5-14;2*11-10(12,13)17-8-3-1-7(2-4-8)16-6-5-9(14)15-16;1-2-8-6-4-3-5-7-8;1-6-2-4-7(8)5-3-6;4-3-1-2-5-6-3/h1-5,8-13H;1-6H;1-6H,(H2,14,15);1,3-7H;2-5H,1H3;1-2H,(H3,4,5,6). The van der Waals surface area contributed by atoms with Crippen molar-refractivity contribution in [2.75, 3.05) is 11.5 Å². The first-order valence-electron chi connectivity index (χ1n) is 22.7. The van der Waals surface area contributed by atoms with Gasteiger partial charge in [0, 0.05) is 39.4 Å². The minimum atomic E-state index is -4.70. The van der Waals surface area contributed by atoms with E-state index in [1.807, 2.05) is 83.3 Å². The largest absolute Gasteiger partial charge is 0.573 e. The second-order valence-corrected chi connectivity index (χ2v) is 17.8. The summed E-state index contributed by atoms with van der Waals surface area (Å²) in [6.45, 7) is 2.09. The molecule has 0 saturated carbocycles. The Morgan fingerprint density at radius 2 is 0.912 bits per heavy atom. The van der Waals surface area contributed by atoms with Gasteiger partial charge in [0.1, 0.15) is 38.3 Å². The highest BCUT2D eigenvalue weighted by Gasteiger charge is 2.32. The van der Waals surface area contributed by atoms with E-state index in [-0.39, 0.29) is 17.2 Å². The van der Waals surface area contributed by atoms with Gasteiger partial charge >= 0.3 is 19.1 Å². The third-order valence-corrected chi connectivity index (χ3v) is 10.6. The number of nitrogens with zero attached hydrogens (tertiary/aromatic N) is 7. The predicted octanol–water partition coefficient (Wildman–Crippen LogP) is 14.2. The van der Waals surface area contributed by atoms with Gasteiger partial charge in [-0.25, -0.2) is 14.0 Å². The van der Waals surface area contributed by atoms with E-state index in [9.17, 15) is 39.5 Å². The fourth-order valence-corrected chi connectivity index (χ4v) is 6.61. The molecule has 0 atom stereocenters. The number of benzene rings is 6. The molecule has 0 spiro atoms. The maximum Gasteiger partial charge on any atom is 0.573 e. The van der Waals surface area contributed by atoms with Crippen molar-refractivity contribution < 1.29 is 53.7 Å². The van der Waals surface area contributed by atoms with Gasteiger partial charge in [0.05, 0.1) is 23.3 Å². The van der Waals surface area contributed by atoms with Crippen molar-refractivity contribution in [3.8, 4) is 58.5 Å². The molecule has 5 N–H and O–H groups in total. The lowest BCUT2D eigenvalue weighted by Gasteiger charge is -2.09. The zero-order chi connectivity index (χ0) is 58.1. The average Bonchev–Trinajstić information content (AvgIpc) is 4.28. The number of ether oxygens (including phenoxy) is 3. The monoisotopic (exact) mass is 1330 g/mol. The van der Waals surface area contributed by atoms with Crippen LogP contribution in [0.5, 0.6) is 17.2 Å². The zero-order valence-electron chi connectivity index (χ0n) is 41.4. The van der Waals surface area contributed by atoms with Crippen LogP contribution in [0.3, 0.4) is 0 Å². The van der Waals surface area contributed by atoms with Crippen LogP contribution in [0.15, 0.2) is 207 Å². The van der Waals surface area contributed by atoms with Crippen molar-refractivity contribution in [1.29, 1.82) is 0 Å². The van der Waals surface area contributed by atoms with E-state index in [0.717, 1.165) is 14.8 Å². The van der Waals surface area contributed by atoms with E-state index >= 15 is 0 Å². The molecule has 13 nitrogen and oxygen atoms in total. The van der Waals surface area contributed by atoms with Crippen LogP contribution in [-0.2, 0) is 0 Å². The van der Waals surface area contributed by atoms with Crippen LogP contribution < -0.4 is 25.7 Å². The van der Waals surface area contributed by atoms with E-state index in [1.165, 1.54) is 91.3 Å². The van der Waals surface area contributed by atoms with E-state index in [2.05, 4.69) is 111 Å². The molecule has 0 aliphatic carbocycles. The number of hydrogen-bond donors (Lipinski definition) is 3. The molecular formula is C56H43F9I2N10O3. The van der Waals surface area contributed by atoms with Crippen LogP contribution in [-0.4, -0.2) is 58.6 Å². The zero-order valence-corrected chi connectivity index (χ0v) is 45.7. The first kappa shape index (κ1) is 62.0. The molecule has 0 radical (unpaired) electrons. The highest BCUT2D eigenvalue weighted by Crippen LogP contribution is 2.26. The first-order chi connectivity index (χ1) is 38.0. The van der Waals surface area contributed by atoms with Gasteiger partial charge < -0.3 is 25.7 Å². The molecule has 0 bridgehead atoms. The molecule has 0 saturated heterocycles. The second kappa shape index (κ2) is 30.3. The quantitative estimate of drug-likeness (QED) is 0.0836. The van der Waals surface area contributed by atoms with Crippen LogP contribution in [0.2, 0.25) is 0 Å². The molecule has 0 amide bonds. The fraction of sp³-hybridized carbons (Fsp3) is 0.0714. The minimum absolute atomic E-state index is 0.247. The predicted molar refractivity (Wildman–Crippen MR) is 302 cm³/mol. The van der Waals surface area contributed by atoms with Crippen molar-refractivity contribution in [3.63, 3.8) is 0 Å². The SMILES string of the molecule is C#Cc1ccccc1.Cc1ccc(I)cc1.FC(F)(F)Oc1ccc(-n2ccc(C#Cc3ccccc3)n2)cc1.FC(F)(F)Oc1ccc(-n2ccc(I)n2)cc1.Nc1ccn(-c2ccc(OC(F)(F)F)cc2)n1.Nc1ccn[nH]1. The van der Waals surface area contributed by atoms with Crippen molar-refractivity contribution in [1.82, 2.24) is 39.5 Å². The van der Waals surface area contributed by atoms with Crippen LogP contribution in [0.25, 0.3) is 17.1 Å². The summed E-state index contributed by atoms with van der Waals surface area (Å²) in [5.74, 6) is 8.60. The van der Waals surface area contributed by atoms with Gasteiger partial charge in [-0.3, -0.25) is 5.10 Å². The van der Waals surface area contributed by atoms with Crippen molar-refractivity contribution in [2.45, 2.75) is 26.0 Å². The van der Waals surface area contributed by atoms with Crippen LogP contribution in [0.4, 0.5) is 51.1 Å². The number of nitrogen functional groups attached to an aromatic ring is 2. The van der Waals surface area contributed by atoms with Gasteiger partial charge in [-0.05, 0) is 185 Å². The number of terminal acetylenes is 1. The summed E-state index contributed by atoms with van der Waals surface area (Å²) < 4.78 is 126. The summed E-state index contributed by atoms with van der Waals surface area (Å²) >= 11 is 4.34. The van der Waals surface area contributed by atoms with Gasteiger partial charge in [0.2, 0.25) is 0 Å². The number of aromatic nitrogens is 8. The van der Waals surface area contributed by atoms with Crippen molar-refractivity contribution in [3.05, 3.63) is 236 Å². The van der Waals surface area contributed by atoms with Gasteiger partial charge in [-0.15, -0.1) is 45.9 Å². The minimum Gasteiger partial charge on any atom is -0.406 e. The van der Waals surface area contributed by atoms with Crippen LogP contribution in [0, 0.1) is 38.4 Å². The highest BCUT2D eigenvalue weighted by atomic mass is 127. The summed E-state index contributed by atoms with van der Waals surface area (Å²) in [6, 6.07) is 50.6. The Labute approximate surface area is 479 Å². The third-order valence-electron chi connectivity index (χ3n) is 9.34. The lowest BCUT2D eigenvalue weighted by Crippen LogP contribution is -2.17. The molecule has 10 aromatic rings. The maximum atomic E-state index is 12.1. The van der Waals surface area contributed by atoms with E-state index in [4.69, 9.17) is 17.9 Å². The fourth-order valence-electron chi connectivity index (χ4n) is 5.86. The summed E-state index contributed by atoms with van der Waals surface area (Å²) in [4.78, 5) is 0. The molecule has 0 unspecified atom stereocenters. The smallest absolute Gasteiger partial charge is 0.406 e. The number of hydrogen-bond acceptors (Lipinski definition) is 9. The number of halogens is 11. The number of H-pyrrole nitrogens is 1. The van der Waals surface area contributed by atoms with E-state index in [1.54, 1.807) is 53.7 Å². The molecule has 412 valence electrons. The molecule has 0 fully saturated rings. The number of aromatic amines is 1. The van der Waals surface area contributed by atoms with Gasteiger partial charge in [0.15, 0.2) is 0 Å². The topological polar surface area (TPSA) is 162 Å². The highest BCUT2D eigenvalue weighted by molar-refractivity contribution is 14.1. The second-order valence-electron chi connectivity index (χ2n) is 15.5. The molecule has 4 heterocycles. The van der Waals surface area contributed by atoms with Crippen LogP contribution >= 0.6 is 45.2 Å². The molecule has 10 rings (SSSR count). The Bertz CT molecular complexity index is 3370. The average molecular weight is 1330 g/mol. The molecule has 4 aromatic heterocycles. The normalized spacial score (nSPS) is 10.5. The van der Waals surface area contributed by atoms with E-state index in [0.29, 0.717) is 34.4 Å². The number of anilines is 2. The summed E-state index contributed by atoms with van der Waals surface area (Å²) in [5.41, 5.74) is 16.2. The first-order valence-corrected chi connectivity index (χ1v) is 24.9. The molecule has 0 aliphatic rings. The molecular weight excluding hydrogens is 1290 g/mol. The number of nitrogens with two attached hydrogens (primary N) is 2. The Morgan fingerprint density at radius 1 is 0.487 bits per heavy atom. The Morgan fingerprint density at radius 3 is 1.25 bits per heavy atom. The Kier molecular flexibility index (Phi) is 23.5. The summed E-state index contributed by atoms with van der Waals surface area (Å²) in [5, 5.41) is 18.4. The van der Waals surface area contributed by atoms with Gasteiger partial charge in [-0.1, -0.05) is 65.9 Å². The lowest BCUT2D eigenvalue weighted by molar-refractivity contribution is -0.275. The Hall–Kier alpha value is -8.89. The molecule has 24 heteroatoms. The van der Waals surface area contributed by atoms with Crippen molar-refractivity contribution in [2.24, 2.45) is 0 Å². The molecule has 6 aromatic carbocycles. The number of alkyl halides is 9.